The molecular weight excluding hydrogens is 350 g/mol. The SMILES string of the molecule is CCN(C(=O)CC(=O)N1CCN(c2cccc(C)c2)CC1)c1cccc(C)c1. The molecule has 1 saturated heterocycles. The minimum Gasteiger partial charge on any atom is -0.368 e. The van der Waals surface area contributed by atoms with Crippen molar-refractivity contribution in [3.05, 3.63) is 59.7 Å². The summed E-state index contributed by atoms with van der Waals surface area (Å²) in [6.07, 6.45) is -0.0772. The zero-order chi connectivity index (χ0) is 20.1. The van der Waals surface area contributed by atoms with E-state index in [9.17, 15) is 9.59 Å². The van der Waals surface area contributed by atoms with E-state index in [2.05, 4.69) is 36.1 Å². The number of amides is 2. The number of hydrogen-bond acceptors (Lipinski definition) is 3. The summed E-state index contributed by atoms with van der Waals surface area (Å²) in [5, 5.41) is 0. The minimum absolute atomic E-state index is 0.0772. The van der Waals surface area contributed by atoms with Crippen LogP contribution in [0.2, 0.25) is 0 Å². The average Bonchev–Trinajstić information content (AvgIpc) is 2.69. The predicted molar refractivity (Wildman–Crippen MR) is 114 cm³/mol. The summed E-state index contributed by atoms with van der Waals surface area (Å²) in [5.74, 6) is -0.223. The lowest BCUT2D eigenvalue weighted by Gasteiger charge is -2.36. The first kappa shape index (κ1) is 19.9. The number of nitrogens with zero attached hydrogens (tertiary/aromatic N) is 3. The maximum atomic E-state index is 12.7. The normalized spacial score (nSPS) is 14.1. The van der Waals surface area contributed by atoms with Gasteiger partial charge in [-0.25, -0.2) is 0 Å². The van der Waals surface area contributed by atoms with Crippen LogP contribution in [-0.4, -0.2) is 49.4 Å². The molecule has 0 bridgehead atoms. The Labute approximate surface area is 167 Å². The molecule has 5 nitrogen and oxygen atoms in total. The number of benzene rings is 2. The van der Waals surface area contributed by atoms with Crippen LogP contribution in [-0.2, 0) is 9.59 Å². The van der Waals surface area contributed by atoms with Gasteiger partial charge >= 0.3 is 0 Å². The number of piperazine rings is 1. The first-order valence-corrected chi connectivity index (χ1v) is 9.94. The van der Waals surface area contributed by atoms with Crippen molar-refractivity contribution in [1.29, 1.82) is 0 Å². The van der Waals surface area contributed by atoms with Gasteiger partial charge in [0.15, 0.2) is 0 Å². The molecule has 0 N–H and O–H groups in total. The highest BCUT2D eigenvalue weighted by Gasteiger charge is 2.25. The van der Waals surface area contributed by atoms with Gasteiger partial charge < -0.3 is 14.7 Å². The minimum atomic E-state index is -0.140. The molecule has 0 unspecified atom stereocenters. The third-order valence-corrected chi connectivity index (χ3v) is 5.23. The first-order valence-electron chi connectivity index (χ1n) is 9.94. The number of carbonyl (C=O) groups excluding carboxylic acids is 2. The standard InChI is InChI=1S/C23H29N3O2/c1-4-26(21-10-6-8-19(3)16-21)23(28)17-22(27)25-13-11-24(12-14-25)20-9-5-7-18(2)15-20/h5-10,15-16H,4,11-14,17H2,1-3H3. The summed E-state index contributed by atoms with van der Waals surface area (Å²) >= 11 is 0. The second-order valence-corrected chi connectivity index (χ2v) is 7.36. The van der Waals surface area contributed by atoms with E-state index < -0.39 is 0 Å². The number of carbonyl (C=O) groups is 2. The number of aryl methyl sites for hydroxylation is 2. The fourth-order valence-electron chi connectivity index (χ4n) is 3.67. The van der Waals surface area contributed by atoms with Gasteiger partial charge in [0.25, 0.3) is 0 Å². The van der Waals surface area contributed by atoms with E-state index in [0.29, 0.717) is 19.6 Å². The molecule has 2 aromatic carbocycles. The highest BCUT2D eigenvalue weighted by molar-refractivity contribution is 6.05. The second-order valence-electron chi connectivity index (χ2n) is 7.36. The fourth-order valence-corrected chi connectivity index (χ4v) is 3.67. The van der Waals surface area contributed by atoms with Crippen molar-refractivity contribution in [3.63, 3.8) is 0 Å². The van der Waals surface area contributed by atoms with E-state index in [1.54, 1.807) is 4.90 Å². The third kappa shape index (κ3) is 4.71. The van der Waals surface area contributed by atoms with Crippen molar-refractivity contribution in [2.24, 2.45) is 0 Å². The summed E-state index contributed by atoms with van der Waals surface area (Å²) in [5.41, 5.74) is 4.38. The number of anilines is 2. The molecule has 0 aliphatic carbocycles. The molecule has 148 valence electrons. The highest BCUT2D eigenvalue weighted by Crippen LogP contribution is 2.19. The topological polar surface area (TPSA) is 43.9 Å². The molecular formula is C23H29N3O2. The van der Waals surface area contributed by atoms with Gasteiger partial charge in [0.05, 0.1) is 0 Å². The van der Waals surface area contributed by atoms with Gasteiger partial charge in [0.1, 0.15) is 6.42 Å². The molecule has 2 aromatic rings. The van der Waals surface area contributed by atoms with E-state index in [0.717, 1.165) is 24.3 Å². The van der Waals surface area contributed by atoms with E-state index in [-0.39, 0.29) is 18.2 Å². The molecule has 1 aliphatic heterocycles. The molecule has 0 saturated carbocycles. The van der Waals surface area contributed by atoms with Gasteiger partial charge in [-0.2, -0.15) is 0 Å². The highest BCUT2D eigenvalue weighted by atomic mass is 16.2. The Balaban J connectivity index is 1.57. The Morgan fingerprint density at radius 3 is 2.18 bits per heavy atom. The molecule has 5 heteroatoms. The number of hydrogen-bond donors (Lipinski definition) is 0. The zero-order valence-corrected chi connectivity index (χ0v) is 17.0. The first-order chi connectivity index (χ1) is 13.5. The summed E-state index contributed by atoms with van der Waals surface area (Å²) in [4.78, 5) is 31.2. The van der Waals surface area contributed by atoms with Crippen LogP contribution >= 0.6 is 0 Å². The van der Waals surface area contributed by atoms with Gasteiger partial charge in [0, 0.05) is 44.1 Å². The third-order valence-electron chi connectivity index (χ3n) is 5.23. The average molecular weight is 380 g/mol. The van der Waals surface area contributed by atoms with Gasteiger partial charge in [-0.05, 0) is 56.2 Å². The molecule has 28 heavy (non-hydrogen) atoms. The van der Waals surface area contributed by atoms with Crippen LogP contribution in [0.3, 0.4) is 0 Å². The molecule has 2 amide bonds. The van der Waals surface area contributed by atoms with Crippen molar-refractivity contribution >= 4 is 23.2 Å². The molecule has 3 rings (SSSR count). The van der Waals surface area contributed by atoms with Crippen molar-refractivity contribution in [3.8, 4) is 0 Å². The van der Waals surface area contributed by atoms with Crippen LogP contribution in [0, 0.1) is 13.8 Å². The smallest absolute Gasteiger partial charge is 0.236 e. The largest absolute Gasteiger partial charge is 0.368 e. The molecule has 1 heterocycles. The quantitative estimate of drug-likeness (QED) is 0.748. The van der Waals surface area contributed by atoms with E-state index in [1.807, 2.05) is 43.0 Å². The molecule has 0 radical (unpaired) electrons. The predicted octanol–water partition coefficient (Wildman–Crippen LogP) is 3.40. The molecule has 1 aliphatic rings. The second kappa shape index (κ2) is 8.91. The Morgan fingerprint density at radius 2 is 1.57 bits per heavy atom. The van der Waals surface area contributed by atoms with E-state index in [4.69, 9.17) is 0 Å². The zero-order valence-electron chi connectivity index (χ0n) is 17.0. The lowest BCUT2D eigenvalue weighted by Crippen LogP contribution is -2.49. The van der Waals surface area contributed by atoms with Crippen LogP contribution in [0.1, 0.15) is 24.5 Å². The maximum Gasteiger partial charge on any atom is 0.236 e. The Hall–Kier alpha value is -2.82. The van der Waals surface area contributed by atoms with Crippen molar-refractivity contribution in [1.82, 2.24) is 4.90 Å². The monoisotopic (exact) mass is 379 g/mol. The van der Waals surface area contributed by atoms with E-state index in [1.165, 1.54) is 11.3 Å². The van der Waals surface area contributed by atoms with Crippen LogP contribution in [0.25, 0.3) is 0 Å². The van der Waals surface area contributed by atoms with Crippen LogP contribution in [0.4, 0.5) is 11.4 Å². The summed E-state index contributed by atoms with van der Waals surface area (Å²) in [6, 6.07) is 16.3. The van der Waals surface area contributed by atoms with Crippen molar-refractivity contribution < 1.29 is 9.59 Å². The number of rotatable bonds is 5. The summed E-state index contributed by atoms with van der Waals surface area (Å²) < 4.78 is 0. The van der Waals surface area contributed by atoms with Crippen LogP contribution < -0.4 is 9.80 Å². The molecule has 0 aromatic heterocycles. The lowest BCUT2D eigenvalue weighted by atomic mass is 10.1. The molecule has 0 atom stereocenters. The van der Waals surface area contributed by atoms with Gasteiger partial charge in [0.2, 0.25) is 11.8 Å². The fraction of sp³-hybridized carbons (Fsp3) is 0.391. The van der Waals surface area contributed by atoms with Crippen LogP contribution in [0.5, 0.6) is 0 Å². The molecule has 1 fully saturated rings. The Morgan fingerprint density at radius 1 is 0.929 bits per heavy atom. The van der Waals surface area contributed by atoms with Crippen LogP contribution in [0.15, 0.2) is 48.5 Å². The molecule has 0 spiro atoms. The van der Waals surface area contributed by atoms with Crippen molar-refractivity contribution in [2.45, 2.75) is 27.2 Å². The lowest BCUT2D eigenvalue weighted by molar-refractivity contribution is -0.135. The van der Waals surface area contributed by atoms with Crippen molar-refractivity contribution in [2.75, 3.05) is 42.5 Å². The summed E-state index contributed by atoms with van der Waals surface area (Å²) in [6.45, 7) is 9.45. The van der Waals surface area contributed by atoms with Gasteiger partial charge in [-0.3, -0.25) is 9.59 Å². The van der Waals surface area contributed by atoms with Gasteiger partial charge in [-0.1, -0.05) is 24.3 Å². The Kier molecular flexibility index (Phi) is 6.34. The van der Waals surface area contributed by atoms with E-state index >= 15 is 0 Å². The Bertz CT molecular complexity index is 841. The summed E-state index contributed by atoms with van der Waals surface area (Å²) in [7, 11) is 0. The maximum absolute atomic E-state index is 12.7. The van der Waals surface area contributed by atoms with Gasteiger partial charge in [-0.15, -0.1) is 0 Å².